The summed E-state index contributed by atoms with van der Waals surface area (Å²) in [5.41, 5.74) is 3.27. The molecule has 2 N–H and O–H groups in total. The number of nitrogens with zero attached hydrogens (tertiary/aromatic N) is 2. The molecule has 128 valence electrons. The number of aromatic amines is 1. The number of benzene rings is 2. The average molecular weight is 344 g/mol. The van der Waals surface area contributed by atoms with Gasteiger partial charge in [0, 0.05) is 29.8 Å². The molecule has 0 saturated carbocycles. The molecule has 26 heavy (non-hydrogen) atoms. The molecule has 2 aromatic carbocycles. The van der Waals surface area contributed by atoms with Crippen molar-refractivity contribution in [1.82, 2.24) is 14.5 Å². The second-order valence-corrected chi connectivity index (χ2v) is 5.97. The highest BCUT2D eigenvalue weighted by Gasteiger charge is 2.14. The highest BCUT2D eigenvalue weighted by Crippen LogP contribution is 2.22. The summed E-state index contributed by atoms with van der Waals surface area (Å²) in [6.07, 6.45) is 3.32. The first-order valence-electron chi connectivity index (χ1n) is 8.12. The van der Waals surface area contributed by atoms with Crippen LogP contribution in [-0.4, -0.2) is 20.4 Å². The van der Waals surface area contributed by atoms with Crippen molar-refractivity contribution in [3.63, 3.8) is 0 Å². The molecule has 4 rings (SSSR count). The normalized spacial score (nSPS) is 10.8. The fraction of sp³-hybridized carbons (Fsp3) is 0.0500. The lowest BCUT2D eigenvalue weighted by molar-refractivity contribution is 0.102. The second-order valence-electron chi connectivity index (χ2n) is 5.97. The predicted octanol–water partition coefficient (Wildman–Crippen LogP) is 3.18. The summed E-state index contributed by atoms with van der Waals surface area (Å²) >= 11 is 0. The number of hydrogen-bond donors (Lipinski definition) is 2. The van der Waals surface area contributed by atoms with E-state index in [1.807, 2.05) is 42.5 Å². The lowest BCUT2D eigenvalue weighted by Gasteiger charge is -2.11. The van der Waals surface area contributed by atoms with Crippen LogP contribution in [0.1, 0.15) is 10.4 Å². The van der Waals surface area contributed by atoms with Crippen LogP contribution in [0.5, 0.6) is 0 Å². The Bertz CT molecular complexity index is 1160. The maximum Gasteiger partial charge on any atom is 0.256 e. The van der Waals surface area contributed by atoms with Gasteiger partial charge in [0.25, 0.3) is 11.5 Å². The molecule has 4 aromatic rings. The Hall–Kier alpha value is -3.67. The predicted molar refractivity (Wildman–Crippen MR) is 101 cm³/mol. The van der Waals surface area contributed by atoms with E-state index < -0.39 is 0 Å². The lowest BCUT2D eigenvalue weighted by Crippen LogP contribution is -2.21. The molecule has 0 unspecified atom stereocenters. The van der Waals surface area contributed by atoms with E-state index in [0.717, 1.165) is 22.2 Å². The first-order valence-corrected chi connectivity index (χ1v) is 8.12. The quantitative estimate of drug-likeness (QED) is 0.599. The van der Waals surface area contributed by atoms with E-state index in [9.17, 15) is 9.59 Å². The minimum Gasteiger partial charge on any atom is -0.345 e. The van der Waals surface area contributed by atoms with Gasteiger partial charge in [-0.15, -0.1) is 0 Å². The Labute approximate surface area is 149 Å². The van der Waals surface area contributed by atoms with Gasteiger partial charge in [-0.25, -0.2) is 4.98 Å². The summed E-state index contributed by atoms with van der Waals surface area (Å²) in [7, 11) is 1.69. The van der Waals surface area contributed by atoms with Crippen molar-refractivity contribution < 1.29 is 4.79 Å². The Morgan fingerprint density at radius 3 is 2.77 bits per heavy atom. The monoisotopic (exact) mass is 344 g/mol. The molecule has 0 bridgehead atoms. The molecule has 2 heterocycles. The molecular weight excluding hydrogens is 328 g/mol. The van der Waals surface area contributed by atoms with Gasteiger partial charge in [0.2, 0.25) is 0 Å². The van der Waals surface area contributed by atoms with E-state index >= 15 is 0 Å². The Morgan fingerprint density at radius 1 is 1.12 bits per heavy atom. The molecular formula is C20H16N4O2. The lowest BCUT2D eigenvalue weighted by atomic mass is 10.1. The van der Waals surface area contributed by atoms with Gasteiger partial charge in [-0.2, -0.15) is 0 Å². The van der Waals surface area contributed by atoms with Crippen molar-refractivity contribution in [2.45, 2.75) is 0 Å². The third-order valence-electron chi connectivity index (χ3n) is 4.33. The van der Waals surface area contributed by atoms with Gasteiger partial charge in [0.05, 0.1) is 29.3 Å². The van der Waals surface area contributed by atoms with E-state index in [1.54, 1.807) is 25.6 Å². The molecule has 0 aliphatic rings. The van der Waals surface area contributed by atoms with Crippen LogP contribution in [0.25, 0.3) is 22.2 Å². The average Bonchev–Trinajstić information content (AvgIpc) is 3.20. The van der Waals surface area contributed by atoms with Crippen molar-refractivity contribution in [2.24, 2.45) is 7.05 Å². The van der Waals surface area contributed by atoms with Crippen molar-refractivity contribution >= 4 is 22.5 Å². The molecule has 6 nitrogen and oxygen atoms in total. The highest BCUT2D eigenvalue weighted by atomic mass is 16.2. The Morgan fingerprint density at radius 2 is 1.96 bits per heavy atom. The largest absolute Gasteiger partial charge is 0.345 e. The number of pyridine rings is 1. The van der Waals surface area contributed by atoms with E-state index in [0.29, 0.717) is 11.3 Å². The smallest absolute Gasteiger partial charge is 0.256 e. The summed E-state index contributed by atoms with van der Waals surface area (Å²) < 4.78 is 1.53. The Balaban J connectivity index is 1.72. The summed E-state index contributed by atoms with van der Waals surface area (Å²) in [5.74, 6) is -0.319. The van der Waals surface area contributed by atoms with Crippen LogP contribution < -0.4 is 10.9 Å². The molecule has 0 aliphatic heterocycles. The van der Waals surface area contributed by atoms with Crippen LogP contribution in [-0.2, 0) is 7.05 Å². The third-order valence-corrected chi connectivity index (χ3v) is 4.33. The summed E-state index contributed by atoms with van der Waals surface area (Å²) in [5, 5.41) is 3.61. The first-order chi connectivity index (χ1) is 12.6. The van der Waals surface area contributed by atoms with E-state index in [1.165, 1.54) is 10.6 Å². The number of H-pyrrole nitrogens is 1. The van der Waals surface area contributed by atoms with Gasteiger partial charge in [0.1, 0.15) is 0 Å². The number of carbonyl (C=O) groups excluding carboxylic acids is 1. The maximum atomic E-state index is 12.8. The van der Waals surface area contributed by atoms with Crippen molar-refractivity contribution in [3.8, 4) is 11.3 Å². The topological polar surface area (TPSA) is 79.8 Å². The molecule has 0 atom stereocenters. The standard InChI is InChI=1S/C20H16N4O2/c1-24-18-8-3-2-7-15(18)16(10-19(24)25)20(26)23-14-6-4-5-13(9-14)17-11-21-12-22-17/h2-12H,1H3,(H,21,22)(H,23,26). The van der Waals surface area contributed by atoms with Crippen molar-refractivity contribution in [1.29, 1.82) is 0 Å². The number of nitrogens with one attached hydrogen (secondary N) is 2. The summed E-state index contributed by atoms with van der Waals surface area (Å²) in [6.45, 7) is 0. The molecule has 0 spiro atoms. The molecule has 1 amide bonds. The molecule has 0 fully saturated rings. The number of imidazole rings is 1. The van der Waals surface area contributed by atoms with E-state index in [-0.39, 0.29) is 11.5 Å². The highest BCUT2D eigenvalue weighted by molar-refractivity contribution is 6.12. The minimum atomic E-state index is -0.319. The summed E-state index contributed by atoms with van der Waals surface area (Å²) in [6, 6.07) is 16.2. The van der Waals surface area contributed by atoms with Crippen LogP contribution >= 0.6 is 0 Å². The number of aryl methyl sites for hydroxylation is 1. The van der Waals surface area contributed by atoms with Gasteiger partial charge < -0.3 is 14.9 Å². The SMILES string of the molecule is Cn1c(=O)cc(C(=O)Nc2cccc(-c3cnc[nH]3)c2)c2ccccc21. The zero-order valence-electron chi connectivity index (χ0n) is 14.1. The number of amides is 1. The zero-order chi connectivity index (χ0) is 18.1. The number of rotatable bonds is 3. The van der Waals surface area contributed by atoms with Crippen LogP contribution in [0.4, 0.5) is 5.69 Å². The number of anilines is 1. The zero-order valence-corrected chi connectivity index (χ0v) is 14.1. The van der Waals surface area contributed by atoms with Crippen LogP contribution in [0, 0.1) is 0 Å². The van der Waals surface area contributed by atoms with Gasteiger partial charge in [-0.1, -0.05) is 30.3 Å². The van der Waals surface area contributed by atoms with Crippen LogP contribution in [0.3, 0.4) is 0 Å². The van der Waals surface area contributed by atoms with Gasteiger partial charge in [-0.05, 0) is 18.2 Å². The number of hydrogen-bond acceptors (Lipinski definition) is 3. The fourth-order valence-electron chi connectivity index (χ4n) is 2.98. The number of aromatic nitrogens is 3. The van der Waals surface area contributed by atoms with Gasteiger partial charge >= 0.3 is 0 Å². The number of carbonyl (C=O) groups is 1. The molecule has 0 radical (unpaired) electrons. The van der Waals surface area contributed by atoms with E-state index in [4.69, 9.17) is 0 Å². The molecule has 6 heteroatoms. The van der Waals surface area contributed by atoms with Crippen molar-refractivity contribution in [3.05, 3.63) is 83.0 Å². The van der Waals surface area contributed by atoms with E-state index in [2.05, 4.69) is 15.3 Å². The molecule has 0 saturated heterocycles. The fourth-order valence-corrected chi connectivity index (χ4v) is 2.98. The molecule has 2 aromatic heterocycles. The second kappa shape index (κ2) is 6.33. The van der Waals surface area contributed by atoms with Crippen LogP contribution in [0.2, 0.25) is 0 Å². The van der Waals surface area contributed by atoms with Gasteiger partial charge in [-0.3, -0.25) is 9.59 Å². The molecule has 0 aliphatic carbocycles. The number of fused-ring (bicyclic) bond motifs is 1. The van der Waals surface area contributed by atoms with Crippen molar-refractivity contribution in [2.75, 3.05) is 5.32 Å². The van der Waals surface area contributed by atoms with Gasteiger partial charge in [0.15, 0.2) is 0 Å². The maximum absolute atomic E-state index is 12.8. The number of para-hydroxylation sites is 1. The first kappa shape index (κ1) is 15.8. The minimum absolute atomic E-state index is 0.222. The summed E-state index contributed by atoms with van der Waals surface area (Å²) in [4.78, 5) is 32.0. The van der Waals surface area contributed by atoms with Crippen LogP contribution in [0.15, 0.2) is 71.9 Å². The third kappa shape index (κ3) is 2.77. The Kier molecular flexibility index (Phi) is 3.85.